The molecule has 0 saturated heterocycles. The van der Waals surface area contributed by atoms with Gasteiger partial charge in [0.2, 0.25) is 0 Å². The molecule has 1 heterocycles. The fraction of sp³-hybridized carbons (Fsp3) is 0.727. The number of hydrogen-bond donors (Lipinski definition) is 1. The number of alkyl halides is 3. The summed E-state index contributed by atoms with van der Waals surface area (Å²) >= 11 is 0. The maximum atomic E-state index is 13.1. The Morgan fingerprint density at radius 2 is 1.83 bits per heavy atom. The number of rotatable bonds is 3. The van der Waals surface area contributed by atoms with E-state index in [-0.39, 0.29) is 10.7 Å². The van der Waals surface area contributed by atoms with Gasteiger partial charge in [-0.1, -0.05) is 20.8 Å². The fourth-order valence-electron chi connectivity index (χ4n) is 1.19. The van der Waals surface area contributed by atoms with Crippen molar-refractivity contribution in [2.75, 3.05) is 0 Å². The van der Waals surface area contributed by atoms with Gasteiger partial charge < -0.3 is 9.41 Å². The van der Waals surface area contributed by atoms with E-state index in [0.717, 1.165) is 6.20 Å². The maximum Gasteiger partial charge on any atom is 0.419 e. The van der Waals surface area contributed by atoms with Crippen LogP contribution in [0.15, 0.2) is 12.5 Å². The largest absolute Gasteiger partial charge is 0.419 e. The highest BCUT2D eigenvalue weighted by atomic mass is 28.4. The van der Waals surface area contributed by atoms with Crippen molar-refractivity contribution in [1.29, 1.82) is 0 Å². The van der Waals surface area contributed by atoms with Crippen molar-refractivity contribution in [3.05, 3.63) is 18.2 Å². The molecule has 7 heteroatoms. The molecule has 1 aromatic rings. The van der Waals surface area contributed by atoms with Gasteiger partial charge in [0.25, 0.3) is 0 Å². The highest BCUT2D eigenvalue weighted by molar-refractivity contribution is 6.74. The molecule has 1 aromatic heterocycles. The lowest BCUT2D eigenvalue weighted by Crippen LogP contribution is -2.44. The molecule has 18 heavy (non-hydrogen) atoms. The van der Waals surface area contributed by atoms with Gasteiger partial charge in [-0.25, -0.2) is 4.98 Å². The molecule has 0 aliphatic carbocycles. The number of imidazole rings is 1. The summed E-state index contributed by atoms with van der Waals surface area (Å²) in [5, 5.41) is -0.281. The van der Waals surface area contributed by atoms with Crippen LogP contribution in [0.3, 0.4) is 0 Å². The molecule has 0 aliphatic rings. The first-order valence-corrected chi connectivity index (χ1v) is 8.59. The normalized spacial score (nSPS) is 15.8. The molecule has 0 aliphatic heterocycles. The Hall–Kier alpha value is -0.823. The monoisotopic (exact) mass is 280 g/mol. The van der Waals surface area contributed by atoms with Gasteiger partial charge in [-0.15, -0.1) is 0 Å². The molecule has 1 rings (SSSR count). The van der Waals surface area contributed by atoms with E-state index >= 15 is 0 Å². The Labute approximate surface area is 106 Å². The van der Waals surface area contributed by atoms with Crippen LogP contribution >= 0.6 is 0 Å². The summed E-state index contributed by atoms with van der Waals surface area (Å²) in [6.45, 7) is 9.29. The van der Waals surface area contributed by atoms with Gasteiger partial charge in [0, 0.05) is 0 Å². The highest BCUT2D eigenvalue weighted by Crippen LogP contribution is 2.44. The van der Waals surface area contributed by atoms with Crippen LogP contribution < -0.4 is 0 Å². The molecule has 1 atom stereocenters. The molecule has 0 spiro atoms. The number of nitrogens with zero attached hydrogens (tertiary/aromatic N) is 1. The summed E-state index contributed by atoms with van der Waals surface area (Å²) in [6.07, 6.45) is -3.99. The van der Waals surface area contributed by atoms with E-state index in [0.29, 0.717) is 0 Å². The van der Waals surface area contributed by atoms with Crippen molar-refractivity contribution in [3.63, 3.8) is 0 Å². The third-order valence-electron chi connectivity index (χ3n) is 3.32. The van der Waals surface area contributed by atoms with Gasteiger partial charge in [0.1, 0.15) is 0 Å². The standard InChI is InChI=1S/C11H19F3N2OSi/c1-10(2,3)18(4,5)17-9(11(12,13)14)8-6-15-7-16-8/h6-7,9H,1-5H3,(H,15,16). The van der Waals surface area contributed by atoms with E-state index in [4.69, 9.17) is 4.43 Å². The van der Waals surface area contributed by atoms with Crippen LogP contribution in [0.1, 0.15) is 32.6 Å². The SMILES string of the molecule is CC(C)(C)[Si](C)(C)OC(c1cnc[nH]1)C(F)(F)F. The second-order valence-corrected chi connectivity index (χ2v) is 10.6. The summed E-state index contributed by atoms with van der Waals surface area (Å²) in [6, 6.07) is 0. The van der Waals surface area contributed by atoms with Crippen molar-refractivity contribution < 1.29 is 17.6 Å². The van der Waals surface area contributed by atoms with Gasteiger partial charge in [0.15, 0.2) is 14.4 Å². The zero-order chi connectivity index (χ0) is 14.2. The molecule has 0 amide bonds. The predicted molar refractivity (Wildman–Crippen MR) is 65.7 cm³/mol. The van der Waals surface area contributed by atoms with Crippen molar-refractivity contribution in [1.82, 2.24) is 9.97 Å². The van der Waals surface area contributed by atoms with Gasteiger partial charge in [-0.3, -0.25) is 0 Å². The Morgan fingerprint density at radius 1 is 1.28 bits per heavy atom. The number of hydrogen-bond acceptors (Lipinski definition) is 2. The molecule has 104 valence electrons. The number of H-pyrrole nitrogens is 1. The predicted octanol–water partition coefficient (Wildman–Crippen LogP) is 4.03. The number of aromatic amines is 1. The van der Waals surface area contributed by atoms with Crippen molar-refractivity contribution in [3.8, 4) is 0 Å². The van der Waals surface area contributed by atoms with Crippen LogP contribution in [0, 0.1) is 0 Å². The highest BCUT2D eigenvalue weighted by Gasteiger charge is 2.49. The average Bonchev–Trinajstić information content (AvgIpc) is 2.62. The smallest absolute Gasteiger partial charge is 0.401 e. The second-order valence-electron chi connectivity index (χ2n) is 5.81. The third kappa shape index (κ3) is 3.35. The summed E-state index contributed by atoms with van der Waals surface area (Å²) in [7, 11) is -2.50. The molecule has 0 radical (unpaired) electrons. The van der Waals surface area contributed by atoms with Gasteiger partial charge in [0.05, 0.1) is 18.2 Å². The van der Waals surface area contributed by atoms with Crippen LogP contribution in [-0.4, -0.2) is 24.5 Å². The fourth-order valence-corrected chi connectivity index (χ4v) is 2.39. The Morgan fingerprint density at radius 3 is 2.17 bits per heavy atom. The maximum absolute atomic E-state index is 13.1. The first-order valence-electron chi connectivity index (χ1n) is 5.68. The Kier molecular flexibility index (Phi) is 3.97. The first kappa shape index (κ1) is 15.2. The third-order valence-corrected chi connectivity index (χ3v) is 7.76. The van der Waals surface area contributed by atoms with Crippen LogP contribution in [0.5, 0.6) is 0 Å². The van der Waals surface area contributed by atoms with E-state index in [2.05, 4.69) is 9.97 Å². The lowest BCUT2D eigenvalue weighted by atomic mass is 10.2. The van der Waals surface area contributed by atoms with Crippen LogP contribution in [-0.2, 0) is 4.43 Å². The van der Waals surface area contributed by atoms with Gasteiger partial charge >= 0.3 is 6.18 Å². The number of halogens is 3. The van der Waals surface area contributed by atoms with E-state index in [1.54, 1.807) is 13.1 Å². The average molecular weight is 280 g/mol. The molecule has 0 bridgehead atoms. The number of aromatic nitrogens is 2. The van der Waals surface area contributed by atoms with E-state index in [9.17, 15) is 13.2 Å². The minimum Gasteiger partial charge on any atom is -0.401 e. The molecular formula is C11H19F3N2OSi. The van der Waals surface area contributed by atoms with Gasteiger partial charge in [-0.2, -0.15) is 13.2 Å². The van der Waals surface area contributed by atoms with E-state index < -0.39 is 20.6 Å². The Balaban J connectivity index is 3.02. The molecule has 0 aromatic carbocycles. The Bertz CT molecular complexity index is 382. The first-order chi connectivity index (χ1) is 7.95. The van der Waals surface area contributed by atoms with Crippen molar-refractivity contribution in [2.45, 2.75) is 51.2 Å². The minimum absolute atomic E-state index is 0.0488. The summed E-state index contributed by atoms with van der Waals surface area (Å²) in [5.74, 6) is 0. The lowest BCUT2D eigenvalue weighted by molar-refractivity contribution is -0.202. The van der Waals surface area contributed by atoms with E-state index in [1.165, 1.54) is 6.33 Å². The van der Waals surface area contributed by atoms with Crippen LogP contribution in [0.4, 0.5) is 13.2 Å². The van der Waals surface area contributed by atoms with Crippen LogP contribution in [0.25, 0.3) is 0 Å². The van der Waals surface area contributed by atoms with Gasteiger partial charge in [-0.05, 0) is 18.1 Å². The van der Waals surface area contributed by atoms with Crippen LogP contribution in [0.2, 0.25) is 18.1 Å². The number of nitrogens with one attached hydrogen (secondary N) is 1. The summed E-state index contributed by atoms with van der Waals surface area (Å²) in [5.41, 5.74) is -0.0488. The zero-order valence-corrected chi connectivity index (χ0v) is 12.2. The lowest BCUT2D eigenvalue weighted by Gasteiger charge is -2.39. The molecule has 0 fully saturated rings. The summed E-state index contributed by atoms with van der Waals surface area (Å²) < 4.78 is 44.6. The zero-order valence-electron chi connectivity index (χ0n) is 11.2. The quantitative estimate of drug-likeness (QED) is 0.849. The molecular weight excluding hydrogens is 261 g/mol. The molecule has 0 saturated carbocycles. The summed E-state index contributed by atoms with van der Waals surface area (Å²) in [4.78, 5) is 6.11. The minimum atomic E-state index is -4.44. The van der Waals surface area contributed by atoms with Crippen molar-refractivity contribution in [2.24, 2.45) is 0 Å². The van der Waals surface area contributed by atoms with Crippen molar-refractivity contribution >= 4 is 8.32 Å². The molecule has 1 unspecified atom stereocenters. The topological polar surface area (TPSA) is 37.9 Å². The molecule has 1 N–H and O–H groups in total. The molecule has 3 nitrogen and oxygen atoms in total. The van der Waals surface area contributed by atoms with E-state index in [1.807, 2.05) is 20.8 Å². The second kappa shape index (κ2) is 4.69.